The van der Waals surface area contributed by atoms with Crippen LogP contribution in [0, 0.1) is 6.92 Å². The molecule has 0 aliphatic carbocycles. The first-order chi connectivity index (χ1) is 8.38. The van der Waals surface area contributed by atoms with Crippen molar-refractivity contribution in [2.45, 2.75) is 13.1 Å². The number of pyridine rings is 2. The third kappa shape index (κ3) is 2.42. The van der Waals surface area contributed by atoms with Gasteiger partial charge in [-0.25, -0.2) is 4.98 Å². The molecule has 18 heavy (non-hydrogen) atoms. The van der Waals surface area contributed by atoms with Gasteiger partial charge in [-0.05, 0) is 30.7 Å². The minimum absolute atomic E-state index is 0.156. The highest BCUT2D eigenvalue weighted by Gasteiger charge is 2.31. The van der Waals surface area contributed by atoms with Crippen molar-refractivity contribution in [3.05, 3.63) is 41.7 Å². The molecular weight excluding hydrogens is 243 g/mol. The molecule has 94 valence electrons. The van der Waals surface area contributed by atoms with Crippen molar-refractivity contribution in [3.8, 4) is 11.3 Å². The SMILES string of the molecule is Cc1cnccc1-c1cc(C(F)(F)F)cc(N)n1. The number of hydrogen-bond donors (Lipinski definition) is 1. The van der Waals surface area contributed by atoms with Crippen LogP contribution in [0.5, 0.6) is 0 Å². The topological polar surface area (TPSA) is 51.8 Å². The molecule has 0 amide bonds. The van der Waals surface area contributed by atoms with Crippen LogP contribution in [0.3, 0.4) is 0 Å². The molecule has 2 rings (SSSR count). The highest BCUT2D eigenvalue weighted by Crippen LogP contribution is 2.33. The van der Waals surface area contributed by atoms with Gasteiger partial charge in [-0.1, -0.05) is 0 Å². The van der Waals surface area contributed by atoms with Crippen molar-refractivity contribution >= 4 is 5.82 Å². The van der Waals surface area contributed by atoms with Crippen LogP contribution in [0.25, 0.3) is 11.3 Å². The number of aromatic nitrogens is 2. The fourth-order valence-corrected chi connectivity index (χ4v) is 1.61. The second kappa shape index (κ2) is 4.29. The van der Waals surface area contributed by atoms with Gasteiger partial charge in [0.2, 0.25) is 0 Å². The fourth-order valence-electron chi connectivity index (χ4n) is 1.61. The molecule has 0 fully saturated rings. The normalized spacial score (nSPS) is 11.6. The van der Waals surface area contributed by atoms with E-state index in [0.717, 1.165) is 17.7 Å². The standard InChI is InChI=1S/C12H10F3N3/c1-7-6-17-3-2-9(7)10-4-8(12(13,14)15)5-11(16)18-10/h2-6H,1H3,(H2,16,18). The van der Waals surface area contributed by atoms with Crippen LogP contribution in [0.1, 0.15) is 11.1 Å². The van der Waals surface area contributed by atoms with Crippen molar-refractivity contribution in [1.29, 1.82) is 0 Å². The minimum atomic E-state index is -4.44. The second-order valence-electron chi connectivity index (χ2n) is 3.85. The summed E-state index contributed by atoms with van der Waals surface area (Å²) in [5.41, 5.74) is 6.13. The Labute approximate surface area is 101 Å². The lowest BCUT2D eigenvalue weighted by Gasteiger charge is -2.10. The van der Waals surface area contributed by atoms with Crippen LogP contribution in [-0.2, 0) is 6.18 Å². The van der Waals surface area contributed by atoms with Gasteiger partial charge < -0.3 is 5.73 Å². The Morgan fingerprint density at radius 1 is 1.22 bits per heavy atom. The minimum Gasteiger partial charge on any atom is -0.384 e. The first-order valence-electron chi connectivity index (χ1n) is 5.13. The number of halogens is 3. The van der Waals surface area contributed by atoms with E-state index in [-0.39, 0.29) is 11.5 Å². The van der Waals surface area contributed by atoms with Gasteiger partial charge >= 0.3 is 6.18 Å². The highest BCUT2D eigenvalue weighted by atomic mass is 19.4. The van der Waals surface area contributed by atoms with Crippen molar-refractivity contribution in [2.24, 2.45) is 0 Å². The summed E-state index contributed by atoms with van der Waals surface area (Å²) in [6.45, 7) is 1.75. The van der Waals surface area contributed by atoms with E-state index < -0.39 is 11.7 Å². The van der Waals surface area contributed by atoms with Crippen LogP contribution < -0.4 is 5.73 Å². The Bertz CT molecular complexity index is 579. The van der Waals surface area contributed by atoms with Gasteiger partial charge in [0.15, 0.2) is 0 Å². The molecule has 0 saturated heterocycles. The van der Waals surface area contributed by atoms with Crippen LogP contribution >= 0.6 is 0 Å². The fraction of sp³-hybridized carbons (Fsp3) is 0.167. The van der Waals surface area contributed by atoms with Gasteiger partial charge in [-0.2, -0.15) is 13.2 Å². The molecule has 2 aromatic rings. The summed E-state index contributed by atoms with van der Waals surface area (Å²) < 4.78 is 38.0. The highest BCUT2D eigenvalue weighted by molar-refractivity contribution is 5.65. The predicted octanol–water partition coefficient (Wildman–Crippen LogP) is 3.05. The zero-order valence-electron chi connectivity index (χ0n) is 9.49. The summed E-state index contributed by atoms with van der Waals surface area (Å²) in [5, 5.41) is 0. The number of anilines is 1. The Balaban J connectivity index is 2.60. The zero-order chi connectivity index (χ0) is 13.3. The Morgan fingerprint density at radius 2 is 1.94 bits per heavy atom. The molecule has 0 spiro atoms. The van der Waals surface area contributed by atoms with Gasteiger partial charge in [0.05, 0.1) is 11.3 Å². The molecule has 0 bridgehead atoms. The number of aryl methyl sites for hydroxylation is 1. The smallest absolute Gasteiger partial charge is 0.384 e. The third-order valence-electron chi connectivity index (χ3n) is 2.47. The Morgan fingerprint density at radius 3 is 2.56 bits per heavy atom. The maximum atomic E-state index is 12.7. The molecule has 0 aliphatic rings. The number of nitrogens with two attached hydrogens (primary N) is 1. The van der Waals surface area contributed by atoms with Crippen molar-refractivity contribution < 1.29 is 13.2 Å². The summed E-state index contributed by atoms with van der Waals surface area (Å²) in [7, 11) is 0. The van der Waals surface area contributed by atoms with Crippen molar-refractivity contribution in [3.63, 3.8) is 0 Å². The quantitative estimate of drug-likeness (QED) is 0.849. The van der Waals surface area contributed by atoms with Gasteiger partial charge in [-0.3, -0.25) is 4.98 Å². The molecule has 2 aromatic heterocycles. The third-order valence-corrected chi connectivity index (χ3v) is 2.47. The van der Waals surface area contributed by atoms with Gasteiger partial charge in [0.1, 0.15) is 5.82 Å². The summed E-state index contributed by atoms with van der Waals surface area (Å²) in [6.07, 6.45) is -1.37. The average Bonchev–Trinajstić information content (AvgIpc) is 2.27. The molecule has 2 heterocycles. The predicted molar refractivity (Wildman–Crippen MR) is 61.6 cm³/mol. The number of nitrogen functional groups attached to an aromatic ring is 1. The molecule has 0 aliphatic heterocycles. The summed E-state index contributed by atoms with van der Waals surface area (Å²) in [6, 6.07) is 3.41. The molecule has 6 heteroatoms. The lowest BCUT2D eigenvalue weighted by Crippen LogP contribution is -2.07. The maximum Gasteiger partial charge on any atom is 0.416 e. The van der Waals surface area contributed by atoms with E-state index in [1.165, 1.54) is 6.20 Å². The molecular formula is C12H10F3N3. The molecule has 0 unspecified atom stereocenters. The first kappa shape index (κ1) is 12.3. The van der Waals surface area contributed by atoms with Gasteiger partial charge in [0.25, 0.3) is 0 Å². The van der Waals surface area contributed by atoms with Crippen molar-refractivity contribution in [1.82, 2.24) is 9.97 Å². The van der Waals surface area contributed by atoms with Crippen LogP contribution in [0.4, 0.5) is 19.0 Å². The largest absolute Gasteiger partial charge is 0.416 e. The van der Waals surface area contributed by atoms with E-state index in [9.17, 15) is 13.2 Å². The monoisotopic (exact) mass is 253 g/mol. The number of alkyl halides is 3. The number of rotatable bonds is 1. The summed E-state index contributed by atoms with van der Waals surface area (Å²) >= 11 is 0. The maximum absolute atomic E-state index is 12.7. The van der Waals surface area contributed by atoms with Gasteiger partial charge in [-0.15, -0.1) is 0 Å². The molecule has 2 N–H and O–H groups in total. The molecule has 0 radical (unpaired) electrons. The zero-order valence-corrected chi connectivity index (χ0v) is 9.49. The first-order valence-corrected chi connectivity index (χ1v) is 5.13. The number of hydrogen-bond acceptors (Lipinski definition) is 3. The Hall–Kier alpha value is -2.11. The van der Waals surface area contributed by atoms with E-state index in [1.54, 1.807) is 19.2 Å². The lowest BCUT2D eigenvalue weighted by molar-refractivity contribution is -0.137. The molecule has 0 aromatic carbocycles. The van der Waals surface area contributed by atoms with E-state index in [0.29, 0.717) is 5.56 Å². The second-order valence-corrected chi connectivity index (χ2v) is 3.85. The lowest BCUT2D eigenvalue weighted by atomic mass is 10.1. The van der Waals surface area contributed by atoms with Crippen LogP contribution in [-0.4, -0.2) is 9.97 Å². The van der Waals surface area contributed by atoms with Crippen LogP contribution in [0.15, 0.2) is 30.6 Å². The van der Waals surface area contributed by atoms with E-state index in [1.807, 2.05) is 0 Å². The summed E-state index contributed by atoms with van der Waals surface area (Å²) in [5.74, 6) is -0.156. The van der Waals surface area contributed by atoms with E-state index in [2.05, 4.69) is 9.97 Å². The van der Waals surface area contributed by atoms with Gasteiger partial charge in [0, 0.05) is 18.0 Å². The molecule has 0 atom stereocenters. The molecule has 0 saturated carbocycles. The molecule has 3 nitrogen and oxygen atoms in total. The van der Waals surface area contributed by atoms with Crippen molar-refractivity contribution in [2.75, 3.05) is 5.73 Å². The van der Waals surface area contributed by atoms with E-state index >= 15 is 0 Å². The average molecular weight is 253 g/mol. The van der Waals surface area contributed by atoms with E-state index in [4.69, 9.17) is 5.73 Å². The van der Waals surface area contributed by atoms with Crippen LogP contribution in [0.2, 0.25) is 0 Å². The Kier molecular flexibility index (Phi) is 2.94. The summed E-state index contributed by atoms with van der Waals surface area (Å²) in [4.78, 5) is 7.81. The number of nitrogens with zero attached hydrogens (tertiary/aromatic N) is 2.